The predicted octanol–water partition coefficient (Wildman–Crippen LogP) is 1.45. The van der Waals surface area contributed by atoms with Crippen LogP contribution in [0.3, 0.4) is 0 Å². The van der Waals surface area contributed by atoms with Crippen LogP contribution in [0, 0.1) is 28.5 Å². The van der Waals surface area contributed by atoms with Crippen LogP contribution >= 0.6 is 0 Å². The fourth-order valence-corrected chi connectivity index (χ4v) is 1.33. The molecule has 0 heterocycles. The predicted molar refractivity (Wildman–Crippen MR) is 64.5 cm³/mol. The molecule has 0 spiro atoms. The van der Waals surface area contributed by atoms with Crippen LogP contribution in [0.15, 0.2) is 18.2 Å². The Bertz CT molecular complexity index is 546. The number of benzene rings is 1. The van der Waals surface area contributed by atoms with Crippen molar-refractivity contribution in [1.82, 2.24) is 4.90 Å². The topological polar surface area (TPSA) is 77.1 Å². The molecule has 0 aliphatic rings. The normalized spacial score (nSPS) is 9.26. The van der Waals surface area contributed by atoms with E-state index in [2.05, 4.69) is 0 Å². The van der Waals surface area contributed by atoms with Crippen LogP contribution in [0.4, 0.5) is 4.39 Å². The van der Waals surface area contributed by atoms with Crippen molar-refractivity contribution in [2.24, 2.45) is 0 Å². The molecule has 19 heavy (non-hydrogen) atoms. The summed E-state index contributed by atoms with van der Waals surface area (Å²) in [4.78, 5) is 13.0. The molecule has 0 bridgehead atoms. The van der Waals surface area contributed by atoms with Gasteiger partial charge in [-0.2, -0.15) is 10.5 Å². The minimum absolute atomic E-state index is 0.0320. The van der Waals surface area contributed by atoms with E-state index in [1.807, 2.05) is 6.07 Å². The van der Waals surface area contributed by atoms with Gasteiger partial charge in [-0.25, -0.2) is 4.39 Å². The molecule has 0 aliphatic heterocycles. The third-order valence-corrected chi connectivity index (χ3v) is 2.42. The molecule has 1 aromatic rings. The Kier molecular flexibility index (Phi) is 5.31. The molecule has 0 atom stereocenters. The van der Waals surface area contributed by atoms with Crippen LogP contribution < -0.4 is 4.74 Å². The molecule has 0 radical (unpaired) electrons. The Morgan fingerprint density at radius 2 is 2.21 bits per heavy atom. The van der Waals surface area contributed by atoms with Crippen molar-refractivity contribution in [3.8, 4) is 17.9 Å². The summed E-state index contributed by atoms with van der Waals surface area (Å²) in [6, 6.07) is 7.57. The maximum atomic E-state index is 13.3. The number of rotatable bonds is 5. The molecule has 0 aliphatic carbocycles. The van der Waals surface area contributed by atoms with Crippen molar-refractivity contribution < 1.29 is 13.9 Å². The van der Waals surface area contributed by atoms with Gasteiger partial charge < -0.3 is 9.64 Å². The summed E-state index contributed by atoms with van der Waals surface area (Å²) in [7, 11) is 1.54. The van der Waals surface area contributed by atoms with E-state index >= 15 is 0 Å². The van der Waals surface area contributed by atoms with Crippen molar-refractivity contribution in [1.29, 1.82) is 10.5 Å². The molecule has 98 valence electrons. The van der Waals surface area contributed by atoms with Gasteiger partial charge in [-0.1, -0.05) is 6.07 Å². The van der Waals surface area contributed by atoms with E-state index in [1.165, 1.54) is 17.0 Å². The largest absolute Gasteiger partial charge is 0.482 e. The van der Waals surface area contributed by atoms with E-state index in [-0.39, 0.29) is 30.2 Å². The Morgan fingerprint density at radius 3 is 2.84 bits per heavy atom. The maximum absolute atomic E-state index is 13.3. The molecular weight excluding hydrogens is 249 g/mol. The van der Waals surface area contributed by atoms with Gasteiger partial charge in [-0.05, 0) is 12.1 Å². The van der Waals surface area contributed by atoms with Gasteiger partial charge in [-0.15, -0.1) is 0 Å². The zero-order valence-electron chi connectivity index (χ0n) is 10.4. The number of hydrogen-bond donors (Lipinski definition) is 0. The van der Waals surface area contributed by atoms with E-state index in [4.69, 9.17) is 15.3 Å². The van der Waals surface area contributed by atoms with Gasteiger partial charge in [0, 0.05) is 13.6 Å². The SMILES string of the molecule is CN(CCC#N)C(=O)COc1cccc(F)c1C#N. The quantitative estimate of drug-likeness (QED) is 0.803. The molecule has 1 amide bonds. The lowest BCUT2D eigenvalue weighted by molar-refractivity contribution is -0.131. The molecule has 0 aromatic heterocycles. The summed E-state index contributed by atoms with van der Waals surface area (Å²) in [5.74, 6) is -1.00. The summed E-state index contributed by atoms with van der Waals surface area (Å²) in [5.41, 5.74) is -0.227. The van der Waals surface area contributed by atoms with E-state index in [0.29, 0.717) is 6.54 Å². The lowest BCUT2D eigenvalue weighted by Gasteiger charge is -2.16. The number of ether oxygens (including phenoxy) is 1. The molecule has 0 unspecified atom stereocenters. The Morgan fingerprint density at radius 1 is 1.47 bits per heavy atom. The molecule has 5 nitrogen and oxygen atoms in total. The highest BCUT2D eigenvalue weighted by Crippen LogP contribution is 2.20. The number of carbonyl (C=O) groups is 1. The van der Waals surface area contributed by atoms with Gasteiger partial charge in [0.1, 0.15) is 23.2 Å². The standard InChI is InChI=1S/C13H12FN3O2/c1-17(7-3-6-15)13(18)9-19-12-5-2-4-11(14)10(12)8-16/h2,4-5H,3,7,9H2,1H3. The lowest BCUT2D eigenvalue weighted by Crippen LogP contribution is -2.32. The fourth-order valence-electron chi connectivity index (χ4n) is 1.33. The van der Waals surface area contributed by atoms with Crippen LogP contribution in [0.5, 0.6) is 5.75 Å². The van der Waals surface area contributed by atoms with Crippen LogP contribution in [0.25, 0.3) is 0 Å². The molecule has 0 saturated carbocycles. The third-order valence-electron chi connectivity index (χ3n) is 2.42. The highest BCUT2D eigenvalue weighted by atomic mass is 19.1. The minimum Gasteiger partial charge on any atom is -0.482 e. The summed E-state index contributed by atoms with van der Waals surface area (Å²) in [5, 5.41) is 17.2. The first-order chi connectivity index (χ1) is 9.10. The Hall–Kier alpha value is -2.60. The number of carbonyl (C=O) groups excluding carboxylic acids is 1. The molecular formula is C13H12FN3O2. The van der Waals surface area contributed by atoms with E-state index in [0.717, 1.165) is 6.07 Å². The number of likely N-dealkylation sites (N-methyl/N-ethyl adjacent to an activating group) is 1. The molecule has 0 saturated heterocycles. The monoisotopic (exact) mass is 261 g/mol. The third kappa shape index (κ3) is 3.97. The van der Waals surface area contributed by atoms with Crippen LogP contribution in [0.2, 0.25) is 0 Å². The Labute approximate surface area is 110 Å². The molecule has 0 N–H and O–H groups in total. The number of halogens is 1. The van der Waals surface area contributed by atoms with Gasteiger partial charge in [0.05, 0.1) is 12.5 Å². The van der Waals surface area contributed by atoms with Crippen LogP contribution in [-0.2, 0) is 4.79 Å². The van der Waals surface area contributed by atoms with Crippen molar-refractivity contribution in [2.75, 3.05) is 20.2 Å². The zero-order chi connectivity index (χ0) is 14.3. The highest BCUT2D eigenvalue weighted by molar-refractivity contribution is 5.77. The summed E-state index contributed by atoms with van der Waals surface area (Å²) < 4.78 is 18.4. The van der Waals surface area contributed by atoms with Crippen LogP contribution in [-0.4, -0.2) is 31.0 Å². The van der Waals surface area contributed by atoms with Gasteiger partial charge >= 0.3 is 0 Å². The van der Waals surface area contributed by atoms with Crippen molar-refractivity contribution in [3.05, 3.63) is 29.6 Å². The second-order valence-electron chi connectivity index (χ2n) is 3.74. The van der Waals surface area contributed by atoms with Gasteiger partial charge in [-0.3, -0.25) is 4.79 Å². The first kappa shape index (κ1) is 14.5. The number of hydrogen-bond acceptors (Lipinski definition) is 4. The van der Waals surface area contributed by atoms with E-state index in [1.54, 1.807) is 13.1 Å². The number of nitrogens with zero attached hydrogens (tertiary/aromatic N) is 3. The minimum atomic E-state index is -0.690. The van der Waals surface area contributed by atoms with E-state index < -0.39 is 5.82 Å². The number of amides is 1. The summed E-state index contributed by atoms with van der Waals surface area (Å²) in [6.07, 6.45) is 0.228. The van der Waals surface area contributed by atoms with Crippen molar-refractivity contribution >= 4 is 5.91 Å². The van der Waals surface area contributed by atoms with Gasteiger partial charge in [0.15, 0.2) is 6.61 Å². The second kappa shape index (κ2) is 6.97. The zero-order valence-corrected chi connectivity index (χ0v) is 10.4. The lowest BCUT2D eigenvalue weighted by atomic mass is 10.2. The smallest absolute Gasteiger partial charge is 0.260 e. The van der Waals surface area contributed by atoms with Gasteiger partial charge in [0.25, 0.3) is 5.91 Å². The summed E-state index contributed by atoms with van der Waals surface area (Å²) in [6.45, 7) is -0.00693. The first-order valence-corrected chi connectivity index (χ1v) is 5.52. The molecule has 0 fully saturated rings. The fraction of sp³-hybridized carbons (Fsp3) is 0.308. The van der Waals surface area contributed by atoms with Gasteiger partial charge in [0.2, 0.25) is 0 Å². The molecule has 1 aromatic carbocycles. The summed E-state index contributed by atoms with van der Waals surface area (Å²) >= 11 is 0. The van der Waals surface area contributed by atoms with Crippen molar-refractivity contribution in [2.45, 2.75) is 6.42 Å². The Balaban J connectivity index is 2.63. The number of nitriles is 2. The highest BCUT2D eigenvalue weighted by Gasteiger charge is 2.13. The second-order valence-corrected chi connectivity index (χ2v) is 3.74. The average molecular weight is 261 g/mol. The van der Waals surface area contributed by atoms with Crippen LogP contribution in [0.1, 0.15) is 12.0 Å². The average Bonchev–Trinajstić information content (AvgIpc) is 2.42. The van der Waals surface area contributed by atoms with E-state index in [9.17, 15) is 9.18 Å². The molecule has 6 heteroatoms. The molecule has 1 rings (SSSR count). The first-order valence-electron chi connectivity index (χ1n) is 5.52. The maximum Gasteiger partial charge on any atom is 0.260 e. The van der Waals surface area contributed by atoms with Crippen molar-refractivity contribution in [3.63, 3.8) is 0 Å².